The van der Waals surface area contributed by atoms with E-state index in [-0.39, 0.29) is 0 Å². The van der Waals surface area contributed by atoms with Gasteiger partial charge in [0.2, 0.25) is 0 Å². The predicted octanol–water partition coefficient (Wildman–Crippen LogP) is 1.73. The minimum absolute atomic E-state index is 0.757. The number of nitrogens with one attached hydrogen (secondary N) is 2. The Hall–Kier alpha value is -0.830. The second-order valence-corrected chi connectivity index (χ2v) is 4.40. The van der Waals surface area contributed by atoms with Crippen molar-refractivity contribution in [2.75, 3.05) is 6.54 Å². The molecule has 1 aliphatic carbocycles. The van der Waals surface area contributed by atoms with E-state index in [2.05, 4.69) is 22.2 Å². The fourth-order valence-corrected chi connectivity index (χ4v) is 2.22. The molecule has 0 radical (unpaired) electrons. The van der Waals surface area contributed by atoms with Crippen LogP contribution in [0.4, 0.5) is 0 Å². The average molecular weight is 193 g/mol. The van der Waals surface area contributed by atoms with E-state index >= 15 is 0 Å². The van der Waals surface area contributed by atoms with E-state index in [0.717, 1.165) is 24.9 Å². The van der Waals surface area contributed by atoms with Crippen molar-refractivity contribution in [3.8, 4) is 0 Å². The largest absolute Gasteiger partial charge is 0.348 e. The highest BCUT2D eigenvalue weighted by atomic mass is 14.9. The lowest BCUT2D eigenvalue weighted by atomic mass is 10.1. The van der Waals surface area contributed by atoms with Crippen LogP contribution in [0.5, 0.6) is 0 Å². The molecule has 1 heterocycles. The third-order valence-electron chi connectivity index (χ3n) is 3.08. The lowest BCUT2D eigenvalue weighted by molar-refractivity contribution is 0.504. The summed E-state index contributed by atoms with van der Waals surface area (Å²) < 4.78 is 0. The molecule has 0 bridgehead atoms. The second-order valence-electron chi connectivity index (χ2n) is 4.40. The first kappa shape index (κ1) is 9.71. The third kappa shape index (κ3) is 2.58. The molecule has 14 heavy (non-hydrogen) atoms. The number of H-pyrrole nitrogens is 1. The molecule has 0 saturated heterocycles. The number of hydrogen-bond acceptors (Lipinski definition) is 2. The molecular formula is C11H19N3. The molecule has 0 aliphatic heterocycles. The van der Waals surface area contributed by atoms with Crippen LogP contribution in [0.1, 0.15) is 31.9 Å². The summed E-state index contributed by atoms with van der Waals surface area (Å²) in [6.45, 7) is 3.41. The molecule has 0 amide bonds. The van der Waals surface area contributed by atoms with Crippen molar-refractivity contribution in [3.63, 3.8) is 0 Å². The van der Waals surface area contributed by atoms with Gasteiger partial charge >= 0.3 is 0 Å². The molecule has 2 unspecified atom stereocenters. The average Bonchev–Trinajstić information content (AvgIpc) is 2.77. The van der Waals surface area contributed by atoms with Crippen LogP contribution in [0, 0.1) is 5.92 Å². The second kappa shape index (κ2) is 4.60. The van der Waals surface area contributed by atoms with Crippen LogP contribution in [0.15, 0.2) is 12.5 Å². The number of rotatable bonds is 4. The standard InChI is InChI=1S/C11H19N3/c1-9-2-3-10(6-9)13-5-4-11-7-12-8-14-11/h7-10,13H,2-6H2,1H3,(H,12,14). The van der Waals surface area contributed by atoms with E-state index in [1.54, 1.807) is 6.33 Å². The number of nitrogens with zero attached hydrogens (tertiary/aromatic N) is 1. The van der Waals surface area contributed by atoms with Crippen LogP contribution >= 0.6 is 0 Å². The zero-order chi connectivity index (χ0) is 9.80. The highest BCUT2D eigenvalue weighted by Crippen LogP contribution is 2.24. The first-order valence-corrected chi connectivity index (χ1v) is 5.55. The maximum atomic E-state index is 4.00. The van der Waals surface area contributed by atoms with Crippen molar-refractivity contribution < 1.29 is 0 Å². The van der Waals surface area contributed by atoms with Crippen LogP contribution in [0.3, 0.4) is 0 Å². The van der Waals surface area contributed by atoms with Gasteiger partial charge in [0.1, 0.15) is 0 Å². The molecule has 2 rings (SSSR count). The van der Waals surface area contributed by atoms with Crippen LogP contribution in [-0.2, 0) is 6.42 Å². The van der Waals surface area contributed by atoms with Gasteiger partial charge in [-0.15, -0.1) is 0 Å². The Bertz CT molecular complexity index is 256. The van der Waals surface area contributed by atoms with Gasteiger partial charge in [-0.05, 0) is 25.2 Å². The summed E-state index contributed by atoms with van der Waals surface area (Å²) in [4.78, 5) is 7.12. The Morgan fingerprint density at radius 2 is 2.50 bits per heavy atom. The number of hydrogen-bond donors (Lipinski definition) is 2. The first-order valence-electron chi connectivity index (χ1n) is 5.55. The molecule has 3 heteroatoms. The Balaban J connectivity index is 1.64. The molecule has 1 aromatic rings. The molecule has 0 spiro atoms. The summed E-state index contributed by atoms with van der Waals surface area (Å²) in [5, 5.41) is 3.60. The smallest absolute Gasteiger partial charge is 0.0921 e. The number of aromatic amines is 1. The van der Waals surface area contributed by atoms with Gasteiger partial charge in [-0.2, -0.15) is 0 Å². The molecule has 2 N–H and O–H groups in total. The Morgan fingerprint density at radius 3 is 3.14 bits per heavy atom. The van der Waals surface area contributed by atoms with Crippen LogP contribution < -0.4 is 5.32 Å². The van der Waals surface area contributed by atoms with Crippen LogP contribution in [-0.4, -0.2) is 22.6 Å². The molecular weight excluding hydrogens is 174 g/mol. The quantitative estimate of drug-likeness (QED) is 0.764. The molecule has 1 fully saturated rings. The summed E-state index contributed by atoms with van der Waals surface area (Å²) >= 11 is 0. The highest BCUT2D eigenvalue weighted by molar-refractivity contribution is 4.94. The zero-order valence-electron chi connectivity index (χ0n) is 8.79. The molecule has 1 aliphatic rings. The van der Waals surface area contributed by atoms with Crippen LogP contribution in [0.2, 0.25) is 0 Å². The molecule has 3 nitrogen and oxygen atoms in total. The fourth-order valence-electron chi connectivity index (χ4n) is 2.22. The number of aromatic nitrogens is 2. The van der Waals surface area contributed by atoms with E-state index in [1.165, 1.54) is 25.0 Å². The van der Waals surface area contributed by atoms with Crippen molar-refractivity contribution in [2.45, 2.75) is 38.6 Å². The summed E-state index contributed by atoms with van der Waals surface area (Å²) in [5.74, 6) is 0.916. The maximum Gasteiger partial charge on any atom is 0.0921 e. The summed E-state index contributed by atoms with van der Waals surface area (Å²) in [5.41, 5.74) is 1.23. The van der Waals surface area contributed by atoms with Gasteiger partial charge in [0.05, 0.1) is 6.33 Å². The van der Waals surface area contributed by atoms with Gasteiger partial charge in [0.25, 0.3) is 0 Å². The lowest BCUT2D eigenvalue weighted by Crippen LogP contribution is -2.28. The van der Waals surface area contributed by atoms with Crippen molar-refractivity contribution in [3.05, 3.63) is 18.2 Å². The number of imidazole rings is 1. The Labute approximate surface area is 85.3 Å². The Morgan fingerprint density at radius 1 is 1.57 bits per heavy atom. The molecule has 78 valence electrons. The third-order valence-corrected chi connectivity index (χ3v) is 3.08. The van der Waals surface area contributed by atoms with Crippen molar-refractivity contribution in [1.29, 1.82) is 0 Å². The summed E-state index contributed by atoms with van der Waals surface area (Å²) in [6.07, 6.45) is 8.80. The molecule has 0 aromatic carbocycles. The van der Waals surface area contributed by atoms with Crippen LogP contribution in [0.25, 0.3) is 0 Å². The molecule has 1 aromatic heterocycles. The SMILES string of the molecule is CC1CCC(NCCc2cnc[nH]2)C1. The van der Waals surface area contributed by atoms with E-state index in [1.807, 2.05) is 6.20 Å². The van der Waals surface area contributed by atoms with Gasteiger partial charge in [0, 0.05) is 30.9 Å². The summed E-state index contributed by atoms with van der Waals surface area (Å²) in [7, 11) is 0. The Kier molecular flexibility index (Phi) is 3.19. The van der Waals surface area contributed by atoms with E-state index in [4.69, 9.17) is 0 Å². The van der Waals surface area contributed by atoms with E-state index < -0.39 is 0 Å². The minimum Gasteiger partial charge on any atom is -0.348 e. The van der Waals surface area contributed by atoms with Crippen molar-refractivity contribution in [1.82, 2.24) is 15.3 Å². The van der Waals surface area contributed by atoms with Crippen molar-refractivity contribution in [2.24, 2.45) is 5.92 Å². The fraction of sp³-hybridized carbons (Fsp3) is 0.727. The maximum absolute atomic E-state index is 4.00. The van der Waals surface area contributed by atoms with E-state index in [0.29, 0.717) is 0 Å². The van der Waals surface area contributed by atoms with Gasteiger partial charge in [-0.3, -0.25) is 0 Å². The predicted molar refractivity (Wildman–Crippen MR) is 57.1 cm³/mol. The molecule has 2 atom stereocenters. The van der Waals surface area contributed by atoms with E-state index in [9.17, 15) is 0 Å². The summed E-state index contributed by atoms with van der Waals surface area (Å²) in [6, 6.07) is 0.757. The lowest BCUT2D eigenvalue weighted by Gasteiger charge is -2.11. The zero-order valence-corrected chi connectivity index (χ0v) is 8.79. The highest BCUT2D eigenvalue weighted by Gasteiger charge is 2.20. The van der Waals surface area contributed by atoms with Gasteiger partial charge in [-0.1, -0.05) is 6.92 Å². The van der Waals surface area contributed by atoms with Crippen molar-refractivity contribution >= 4 is 0 Å². The molecule has 1 saturated carbocycles. The van der Waals surface area contributed by atoms with Gasteiger partial charge in [-0.25, -0.2) is 4.98 Å². The minimum atomic E-state index is 0.757. The van der Waals surface area contributed by atoms with Gasteiger partial charge < -0.3 is 10.3 Å². The first-order chi connectivity index (χ1) is 6.84. The monoisotopic (exact) mass is 193 g/mol. The van der Waals surface area contributed by atoms with Gasteiger partial charge in [0.15, 0.2) is 0 Å². The topological polar surface area (TPSA) is 40.7 Å². The normalized spacial score (nSPS) is 26.9.